The molecule has 2 aromatic carbocycles. The van der Waals surface area contributed by atoms with Gasteiger partial charge in [0.15, 0.2) is 11.7 Å². The molecule has 3 nitrogen and oxygen atoms in total. The van der Waals surface area contributed by atoms with Gasteiger partial charge < -0.3 is 4.57 Å². The van der Waals surface area contributed by atoms with E-state index >= 15 is 0 Å². The Morgan fingerprint density at radius 2 is 1.85 bits per heavy atom. The summed E-state index contributed by atoms with van der Waals surface area (Å²) in [5, 5.41) is 0. The Balaban J connectivity index is 1.72. The predicted octanol–water partition coefficient (Wildman–Crippen LogP) is 4.53. The summed E-state index contributed by atoms with van der Waals surface area (Å²) in [6, 6.07) is 19.5. The first-order valence-electron chi connectivity index (χ1n) is 8.94. The van der Waals surface area contributed by atoms with Crippen LogP contribution in [0, 0.1) is 6.92 Å². The molecule has 2 aromatic heterocycles. The summed E-state index contributed by atoms with van der Waals surface area (Å²) >= 11 is 0. The molecular formula is C23H20N3+. The monoisotopic (exact) mass is 338 g/mol. The van der Waals surface area contributed by atoms with E-state index < -0.39 is 0 Å². The van der Waals surface area contributed by atoms with Gasteiger partial charge >= 0.3 is 0 Å². The number of rotatable bonds is 2. The summed E-state index contributed by atoms with van der Waals surface area (Å²) in [6.45, 7) is 2.18. The Bertz CT molecular complexity index is 1170. The molecule has 1 aliphatic heterocycles. The van der Waals surface area contributed by atoms with Crippen molar-refractivity contribution < 1.29 is 4.57 Å². The molecule has 0 aliphatic carbocycles. The normalized spacial score (nSPS) is 12.7. The van der Waals surface area contributed by atoms with Crippen molar-refractivity contribution in [1.29, 1.82) is 0 Å². The summed E-state index contributed by atoms with van der Waals surface area (Å²) in [7, 11) is 2.10. The fourth-order valence-corrected chi connectivity index (χ4v) is 3.79. The number of allylic oxidation sites excluding steroid dienone is 1. The average Bonchev–Trinajstić information content (AvgIpc) is 3.23. The smallest absolute Gasteiger partial charge is 0.214 e. The molecular weight excluding hydrogens is 318 g/mol. The number of fused-ring (bicyclic) bond motifs is 3. The van der Waals surface area contributed by atoms with Crippen LogP contribution in [0.3, 0.4) is 0 Å². The molecule has 5 rings (SSSR count). The van der Waals surface area contributed by atoms with Crippen LogP contribution in [0.4, 0.5) is 0 Å². The van der Waals surface area contributed by atoms with Gasteiger partial charge in [-0.25, -0.2) is 4.98 Å². The van der Waals surface area contributed by atoms with Gasteiger partial charge in [0, 0.05) is 24.3 Å². The van der Waals surface area contributed by atoms with Crippen molar-refractivity contribution in [3.8, 4) is 22.4 Å². The molecule has 0 amide bonds. The Morgan fingerprint density at radius 3 is 2.69 bits per heavy atom. The third-order valence-electron chi connectivity index (χ3n) is 5.19. The van der Waals surface area contributed by atoms with Gasteiger partial charge in [0.05, 0.1) is 5.52 Å². The number of hydrogen-bond donors (Lipinski definition) is 0. The minimum absolute atomic E-state index is 0.913. The highest BCUT2D eigenvalue weighted by Crippen LogP contribution is 2.30. The first kappa shape index (κ1) is 15.1. The van der Waals surface area contributed by atoms with Crippen molar-refractivity contribution in [3.63, 3.8) is 0 Å². The van der Waals surface area contributed by atoms with Gasteiger partial charge in [0.25, 0.3) is 0 Å². The lowest BCUT2D eigenvalue weighted by Crippen LogP contribution is -2.30. The molecule has 126 valence electrons. The third kappa shape index (κ3) is 2.28. The topological polar surface area (TPSA) is 21.7 Å². The SMILES string of the molecule is Cc1ccc(-c2ccccc2)cc1-c1cc2c(c[n+]1C)nc1n2C=CC1. The van der Waals surface area contributed by atoms with Crippen molar-refractivity contribution in [2.24, 2.45) is 7.05 Å². The molecule has 0 unspecified atom stereocenters. The second kappa shape index (κ2) is 5.67. The zero-order valence-electron chi connectivity index (χ0n) is 15.0. The van der Waals surface area contributed by atoms with Gasteiger partial charge in [-0.05, 0) is 29.7 Å². The quantitative estimate of drug-likeness (QED) is 0.492. The first-order valence-corrected chi connectivity index (χ1v) is 8.94. The Morgan fingerprint density at radius 1 is 1.00 bits per heavy atom. The highest BCUT2D eigenvalue weighted by molar-refractivity contribution is 5.82. The molecule has 0 N–H and O–H groups in total. The summed E-state index contributed by atoms with van der Waals surface area (Å²) in [6.07, 6.45) is 7.34. The molecule has 0 saturated heterocycles. The molecule has 4 aromatic rings. The molecule has 3 heterocycles. The fraction of sp³-hybridized carbons (Fsp3) is 0.130. The number of aryl methyl sites for hydroxylation is 2. The number of pyridine rings is 1. The molecule has 0 saturated carbocycles. The van der Waals surface area contributed by atoms with Crippen LogP contribution >= 0.6 is 0 Å². The second-order valence-electron chi connectivity index (χ2n) is 6.92. The summed E-state index contributed by atoms with van der Waals surface area (Å²) < 4.78 is 4.39. The number of nitrogens with zero attached hydrogens (tertiary/aromatic N) is 3. The van der Waals surface area contributed by atoms with E-state index in [0.717, 1.165) is 17.8 Å². The average molecular weight is 338 g/mol. The lowest BCUT2D eigenvalue weighted by molar-refractivity contribution is -0.659. The molecule has 0 atom stereocenters. The Labute approximate surface area is 152 Å². The van der Waals surface area contributed by atoms with Crippen molar-refractivity contribution in [3.05, 3.63) is 78.3 Å². The van der Waals surface area contributed by atoms with Crippen LogP contribution in [0.2, 0.25) is 0 Å². The van der Waals surface area contributed by atoms with E-state index in [0.29, 0.717) is 0 Å². The van der Waals surface area contributed by atoms with E-state index in [-0.39, 0.29) is 0 Å². The summed E-state index contributed by atoms with van der Waals surface area (Å²) in [5.41, 5.74) is 8.44. The third-order valence-corrected chi connectivity index (χ3v) is 5.19. The van der Waals surface area contributed by atoms with Gasteiger partial charge in [-0.3, -0.25) is 0 Å². The van der Waals surface area contributed by atoms with Crippen LogP contribution in [-0.2, 0) is 13.5 Å². The first-order chi connectivity index (χ1) is 12.7. The number of imidazole rings is 1. The predicted molar refractivity (Wildman–Crippen MR) is 106 cm³/mol. The molecule has 3 heteroatoms. The van der Waals surface area contributed by atoms with Crippen LogP contribution in [0.15, 0.2) is 66.9 Å². The minimum atomic E-state index is 0.913. The zero-order chi connectivity index (χ0) is 17.7. The molecule has 0 fully saturated rings. The number of benzene rings is 2. The van der Waals surface area contributed by atoms with Crippen LogP contribution < -0.4 is 4.57 Å². The Hall–Kier alpha value is -3.20. The van der Waals surface area contributed by atoms with Crippen LogP contribution in [0.25, 0.3) is 39.6 Å². The lowest BCUT2D eigenvalue weighted by Gasteiger charge is -2.09. The maximum absolute atomic E-state index is 4.76. The number of aromatic nitrogens is 3. The molecule has 1 aliphatic rings. The van der Waals surface area contributed by atoms with Gasteiger partial charge in [-0.1, -0.05) is 48.5 Å². The Kier molecular flexibility index (Phi) is 3.29. The molecule has 0 bridgehead atoms. The van der Waals surface area contributed by atoms with Gasteiger partial charge in [-0.15, -0.1) is 0 Å². The highest BCUT2D eigenvalue weighted by atomic mass is 15.1. The molecule has 0 spiro atoms. The van der Waals surface area contributed by atoms with Gasteiger partial charge in [-0.2, -0.15) is 4.57 Å². The molecule has 26 heavy (non-hydrogen) atoms. The van der Waals surface area contributed by atoms with Crippen molar-refractivity contribution in [1.82, 2.24) is 9.55 Å². The lowest BCUT2D eigenvalue weighted by atomic mass is 9.97. The maximum atomic E-state index is 4.76. The van der Waals surface area contributed by atoms with Gasteiger partial charge in [0.1, 0.15) is 12.9 Å². The van der Waals surface area contributed by atoms with Gasteiger partial charge in [0.2, 0.25) is 5.69 Å². The van der Waals surface area contributed by atoms with E-state index in [2.05, 4.69) is 96.2 Å². The zero-order valence-corrected chi connectivity index (χ0v) is 15.0. The van der Waals surface area contributed by atoms with Crippen molar-refractivity contribution in [2.75, 3.05) is 0 Å². The van der Waals surface area contributed by atoms with E-state index in [9.17, 15) is 0 Å². The maximum Gasteiger partial charge on any atom is 0.214 e. The highest BCUT2D eigenvalue weighted by Gasteiger charge is 2.20. The van der Waals surface area contributed by atoms with Crippen LogP contribution in [-0.4, -0.2) is 9.55 Å². The second-order valence-corrected chi connectivity index (χ2v) is 6.92. The van der Waals surface area contributed by atoms with E-state index in [1.54, 1.807) is 0 Å². The van der Waals surface area contributed by atoms with Crippen molar-refractivity contribution in [2.45, 2.75) is 13.3 Å². The van der Waals surface area contributed by atoms with E-state index in [1.807, 2.05) is 0 Å². The summed E-state index contributed by atoms with van der Waals surface area (Å²) in [4.78, 5) is 4.76. The van der Waals surface area contributed by atoms with Crippen LogP contribution in [0.5, 0.6) is 0 Å². The van der Waals surface area contributed by atoms with Crippen LogP contribution in [0.1, 0.15) is 11.4 Å². The molecule has 0 radical (unpaired) electrons. The minimum Gasteiger partial charge on any atom is -0.303 e. The largest absolute Gasteiger partial charge is 0.303 e. The summed E-state index contributed by atoms with van der Waals surface area (Å²) in [5.74, 6) is 1.12. The number of hydrogen-bond acceptors (Lipinski definition) is 1. The standard InChI is InChI=1S/C23H20N3/c1-16-10-11-18(17-7-4-3-5-8-17)13-19(16)21-14-22-20(15-25(21)2)24-23-9-6-12-26(22)23/h3-8,10-15H,9H2,1-2H3/q+1. The van der Waals surface area contributed by atoms with Crippen molar-refractivity contribution >= 4 is 17.2 Å². The fourth-order valence-electron chi connectivity index (χ4n) is 3.79. The van der Waals surface area contributed by atoms with E-state index in [4.69, 9.17) is 4.98 Å². The van der Waals surface area contributed by atoms with E-state index in [1.165, 1.54) is 33.5 Å².